The third-order valence-electron chi connectivity index (χ3n) is 4.07. The second-order valence-corrected chi connectivity index (χ2v) is 7.00. The van der Waals surface area contributed by atoms with Crippen molar-refractivity contribution in [3.8, 4) is 0 Å². The standard InChI is InChI=1S/C15H25N3OS/c1-12(2)18-15(11-19)6-3-4-13(15)5-9-20-14-10-16-7-8-17-14/h7-8,10,12-13,18-19H,3-6,9,11H2,1-2H3. The third-order valence-corrected chi connectivity index (χ3v) is 5.02. The topological polar surface area (TPSA) is 58.0 Å². The highest BCUT2D eigenvalue weighted by molar-refractivity contribution is 7.99. The minimum atomic E-state index is -0.0723. The van der Waals surface area contributed by atoms with E-state index in [0.717, 1.165) is 23.6 Å². The van der Waals surface area contributed by atoms with Gasteiger partial charge >= 0.3 is 0 Å². The Kier molecular flexibility index (Phi) is 5.81. The van der Waals surface area contributed by atoms with E-state index in [-0.39, 0.29) is 12.1 Å². The van der Waals surface area contributed by atoms with E-state index in [1.54, 1.807) is 24.2 Å². The van der Waals surface area contributed by atoms with Gasteiger partial charge in [-0.15, -0.1) is 11.8 Å². The summed E-state index contributed by atoms with van der Waals surface area (Å²) >= 11 is 1.75. The minimum absolute atomic E-state index is 0.0723. The van der Waals surface area contributed by atoms with Gasteiger partial charge in [-0.05, 0) is 30.9 Å². The Hall–Kier alpha value is -0.650. The van der Waals surface area contributed by atoms with E-state index in [9.17, 15) is 5.11 Å². The van der Waals surface area contributed by atoms with Gasteiger partial charge in [-0.1, -0.05) is 20.3 Å². The van der Waals surface area contributed by atoms with E-state index in [0.29, 0.717) is 12.0 Å². The number of thioether (sulfide) groups is 1. The van der Waals surface area contributed by atoms with E-state index >= 15 is 0 Å². The molecule has 4 nitrogen and oxygen atoms in total. The molecule has 0 amide bonds. The summed E-state index contributed by atoms with van der Waals surface area (Å²) in [6.45, 7) is 4.55. The van der Waals surface area contributed by atoms with Gasteiger partial charge in [0.2, 0.25) is 0 Å². The molecule has 5 heteroatoms. The van der Waals surface area contributed by atoms with Gasteiger partial charge < -0.3 is 10.4 Å². The Bertz CT molecular complexity index is 401. The molecule has 1 heterocycles. The van der Waals surface area contributed by atoms with Crippen molar-refractivity contribution in [1.29, 1.82) is 0 Å². The molecule has 1 aromatic rings. The smallest absolute Gasteiger partial charge is 0.114 e. The molecule has 1 aliphatic carbocycles. The number of aliphatic hydroxyl groups excluding tert-OH is 1. The van der Waals surface area contributed by atoms with Crippen molar-refractivity contribution in [1.82, 2.24) is 15.3 Å². The van der Waals surface area contributed by atoms with Gasteiger partial charge in [0.05, 0.1) is 12.8 Å². The average Bonchev–Trinajstić information content (AvgIpc) is 2.83. The molecule has 0 spiro atoms. The first-order chi connectivity index (χ1) is 9.66. The van der Waals surface area contributed by atoms with Crippen molar-refractivity contribution in [2.45, 2.75) is 56.1 Å². The maximum atomic E-state index is 9.86. The summed E-state index contributed by atoms with van der Waals surface area (Å²) in [6, 6.07) is 0.412. The van der Waals surface area contributed by atoms with Crippen LogP contribution in [-0.4, -0.2) is 39.0 Å². The Morgan fingerprint density at radius 3 is 3.00 bits per heavy atom. The highest BCUT2D eigenvalue weighted by Gasteiger charge is 2.41. The summed E-state index contributed by atoms with van der Waals surface area (Å²) < 4.78 is 0. The molecule has 20 heavy (non-hydrogen) atoms. The molecule has 1 saturated carbocycles. The van der Waals surface area contributed by atoms with Gasteiger partial charge in [-0.2, -0.15) is 0 Å². The van der Waals surface area contributed by atoms with E-state index in [4.69, 9.17) is 0 Å². The van der Waals surface area contributed by atoms with Gasteiger partial charge in [0.1, 0.15) is 5.03 Å². The summed E-state index contributed by atoms with van der Waals surface area (Å²) in [5.41, 5.74) is -0.0723. The van der Waals surface area contributed by atoms with Crippen LogP contribution in [0.25, 0.3) is 0 Å². The predicted molar refractivity (Wildman–Crippen MR) is 82.8 cm³/mol. The fourth-order valence-corrected chi connectivity index (χ4v) is 4.13. The Labute approximate surface area is 125 Å². The molecule has 0 saturated heterocycles. The van der Waals surface area contributed by atoms with Crippen LogP contribution in [0.1, 0.15) is 39.5 Å². The molecule has 2 rings (SSSR count). The second kappa shape index (κ2) is 7.38. The minimum Gasteiger partial charge on any atom is -0.394 e. The number of nitrogens with zero attached hydrogens (tertiary/aromatic N) is 2. The van der Waals surface area contributed by atoms with Crippen molar-refractivity contribution < 1.29 is 5.11 Å². The molecule has 0 bridgehead atoms. The van der Waals surface area contributed by atoms with Crippen LogP contribution in [-0.2, 0) is 0 Å². The van der Waals surface area contributed by atoms with E-state index in [2.05, 4.69) is 29.1 Å². The molecule has 0 radical (unpaired) electrons. The summed E-state index contributed by atoms with van der Waals surface area (Å²) in [4.78, 5) is 8.37. The van der Waals surface area contributed by atoms with E-state index in [1.807, 2.05) is 6.20 Å². The number of hydrogen-bond acceptors (Lipinski definition) is 5. The maximum Gasteiger partial charge on any atom is 0.114 e. The van der Waals surface area contributed by atoms with Crippen molar-refractivity contribution >= 4 is 11.8 Å². The summed E-state index contributed by atoms with van der Waals surface area (Å²) in [7, 11) is 0. The lowest BCUT2D eigenvalue weighted by Gasteiger charge is -2.37. The van der Waals surface area contributed by atoms with Crippen LogP contribution in [0.5, 0.6) is 0 Å². The third kappa shape index (κ3) is 3.93. The van der Waals surface area contributed by atoms with Gasteiger partial charge in [0.15, 0.2) is 0 Å². The monoisotopic (exact) mass is 295 g/mol. The van der Waals surface area contributed by atoms with Crippen molar-refractivity contribution in [2.75, 3.05) is 12.4 Å². The lowest BCUT2D eigenvalue weighted by Crippen LogP contribution is -2.54. The largest absolute Gasteiger partial charge is 0.394 e. The zero-order chi connectivity index (χ0) is 14.4. The lowest BCUT2D eigenvalue weighted by atomic mass is 9.85. The SMILES string of the molecule is CC(C)NC1(CO)CCCC1CCSc1cnccn1. The molecular formula is C15H25N3OS. The maximum absolute atomic E-state index is 9.86. The zero-order valence-electron chi connectivity index (χ0n) is 12.4. The summed E-state index contributed by atoms with van der Waals surface area (Å²) in [5, 5.41) is 14.5. The van der Waals surface area contributed by atoms with Gasteiger partial charge in [0.25, 0.3) is 0 Å². The van der Waals surface area contributed by atoms with Crippen LogP contribution in [0.15, 0.2) is 23.6 Å². The average molecular weight is 295 g/mol. The van der Waals surface area contributed by atoms with Gasteiger partial charge in [-0.25, -0.2) is 4.98 Å². The Morgan fingerprint density at radius 2 is 2.35 bits per heavy atom. The van der Waals surface area contributed by atoms with Gasteiger partial charge in [0, 0.05) is 24.0 Å². The van der Waals surface area contributed by atoms with Crippen LogP contribution in [0.2, 0.25) is 0 Å². The molecule has 2 unspecified atom stereocenters. The molecule has 2 N–H and O–H groups in total. The number of rotatable bonds is 7. The predicted octanol–water partition coefficient (Wildman–Crippen LogP) is 2.49. The van der Waals surface area contributed by atoms with Crippen molar-refractivity contribution in [3.63, 3.8) is 0 Å². The van der Waals surface area contributed by atoms with Crippen LogP contribution >= 0.6 is 11.8 Å². The first kappa shape index (κ1) is 15.7. The molecular weight excluding hydrogens is 270 g/mol. The van der Waals surface area contributed by atoms with Crippen LogP contribution < -0.4 is 5.32 Å². The second-order valence-electron chi connectivity index (χ2n) is 5.88. The number of hydrogen-bond donors (Lipinski definition) is 2. The highest BCUT2D eigenvalue weighted by atomic mass is 32.2. The van der Waals surface area contributed by atoms with Crippen molar-refractivity contribution in [2.24, 2.45) is 5.92 Å². The first-order valence-electron chi connectivity index (χ1n) is 7.43. The molecule has 1 aliphatic rings. The van der Waals surface area contributed by atoms with Gasteiger partial charge in [-0.3, -0.25) is 4.98 Å². The van der Waals surface area contributed by atoms with Crippen LogP contribution in [0, 0.1) is 5.92 Å². The lowest BCUT2D eigenvalue weighted by molar-refractivity contribution is 0.113. The molecule has 1 aromatic heterocycles. The quantitative estimate of drug-likeness (QED) is 0.757. The molecule has 0 aliphatic heterocycles. The normalized spacial score (nSPS) is 26.3. The van der Waals surface area contributed by atoms with E-state index in [1.165, 1.54) is 12.8 Å². The first-order valence-corrected chi connectivity index (χ1v) is 8.42. The summed E-state index contributed by atoms with van der Waals surface area (Å²) in [6.07, 6.45) is 9.86. The zero-order valence-corrected chi connectivity index (χ0v) is 13.2. The Balaban J connectivity index is 1.87. The number of aromatic nitrogens is 2. The summed E-state index contributed by atoms with van der Waals surface area (Å²) in [5.74, 6) is 1.59. The number of nitrogens with one attached hydrogen (secondary N) is 1. The van der Waals surface area contributed by atoms with Crippen LogP contribution in [0.3, 0.4) is 0 Å². The molecule has 112 valence electrons. The van der Waals surface area contributed by atoms with Crippen LogP contribution in [0.4, 0.5) is 0 Å². The highest BCUT2D eigenvalue weighted by Crippen LogP contribution is 2.39. The Morgan fingerprint density at radius 1 is 1.50 bits per heavy atom. The molecule has 1 fully saturated rings. The van der Waals surface area contributed by atoms with Crippen molar-refractivity contribution in [3.05, 3.63) is 18.6 Å². The fourth-order valence-electron chi connectivity index (χ4n) is 3.25. The number of aliphatic hydroxyl groups is 1. The van der Waals surface area contributed by atoms with E-state index < -0.39 is 0 Å². The molecule has 0 aromatic carbocycles. The fraction of sp³-hybridized carbons (Fsp3) is 0.733. The molecule has 2 atom stereocenters.